The average Bonchev–Trinajstić information content (AvgIpc) is 2.67. The lowest BCUT2D eigenvalue weighted by atomic mass is 10.1. The molecule has 0 bridgehead atoms. The van der Waals surface area contributed by atoms with E-state index in [1.54, 1.807) is 0 Å². The quantitative estimate of drug-likeness (QED) is 0.635. The van der Waals surface area contributed by atoms with Crippen LogP contribution in [0.15, 0.2) is 0 Å². The van der Waals surface area contributed by atoms with Gasteiger partial charge in [0.15, 0.2) is 0 Å². The van der Waals surface area contributed by atoms with Crippen molar-refractivity contribution >= 4 is 5.97 Å². The van der Waals surface area contributed by atoms with E-state index in [-0.39, 0.29) is 0 Å². The fourth-order valence-corrected chi connectivity index (χ4v) is 1.53. The number of hydrogen-bond acceptors (Lipinski definition) is 2. The van der Waals surface area contributed by atoms with Crippen molar-refractivity contribution in [3.05, 3.63) is 0 Å². The molecule has 0 aliphatic heterocycles. The first kappa shape index (κ1) is 8.53. The minimum absolute atomic E-state index is 0.589. The van der Waals surface area contributed by atoms with Crippen molar-refractivity contribution in [2.45, 2.75) is 32.2 Å². The SMILES string of the molecule is CC[C@@H]1C[C@H]1C[C@@H](N)C(=O)O. The van der Waals surface area contributed by atoms with E-state index >= 15 is 0 Å². The third-order valence-electron chi connectivity index (χ3n) is 2.47. The van der Waals surface area contributed by atoms with E-state index in [4.69, 9.17) is 10.8 Å². The maximum Gasteiger partial charge on any atom is 0.320 e. The van der Waals surface area contributed by atoms with Crippen molar-refractivity contribution in [2.75, 3.05) is 0 Å². The highest BCUT2D eigenvalue weighted by Gasteiger charge is 2.37. The molecule has 0 heterocycles. The molecule has 3 nitrogen and oxygen atoms in total. The highest BCUT2D eigenvalue weighted by molar-refractivity contribution is 5.73. The smallest absolute Gasteiger partial charge is 0.320 e. The van der Waals surface area contributed by atoms with E-state index in [9.17, 15) is 4.79 Å². The summed E-state index contributed by atoms with van der Waals surface area (Å²) in [6.07, 6.45) is 3.00. The lowest BCUT2D eigenvalue weighted by Crippen LogP contribution is -2.30. The Balaban J connectivity index is 2.18. The lowest BCUT2D eigenvalue weighted by Gasteiger charge is -2.03. The molecule has 1 saturated carbocycles. The van der Waals surface area contributed by atoms with Gasteiger partial charge in [-0.25, -0.2) is 0 Å². The van der Waals surface area contributed by atoms with E-state index in [0.717, 1.165) is 12.3 Å². The first-order valence-corrected chi connectivity index (χ1v) is 4.13. The van der Waals surface area contributed by atoms with Crippen LogP contribution in [0.5, 0.6) is 0 Å². The van der Waals surface area contributed by atoms with Gasteiger partial charge in [-0.2, -0.15) is 0 Å². The summed E-state index contributed by atoms with van der Waals surface area (Å²) in [5.74, 6) is 0.471. The van der Waals surface area contributed by atoms with Gasteiger partial charge in [-0.15, -0.1) is 0 Å². The van der Waals surface area contributed by atoms with Gasteiger partial charge >= 0.3 is 5.97 Å². The van der Waals surface area contributed by atoms with Gasteiger partial charge in [0.1, 0.15) is 6.04 Å². The molecule has 0 saturated heterocycles. The van der Waals surface area contributed by atoms with Crippen molar-refractivity contribution in [1.82, 2.24) is 0 Å². The third-order valence-corrected chi connectivity index (χ3v) is 2.47. The standard InChI is InChI=1S/C8H15NO2/c1-2-5-3-6(5)4-7(9)8(10)11/h5-7H,2-4,9H2,1H3,(H,10,11)/t5-,6+,7-/m1/s1. The largest absolute Gasteiger partial charge is 0.480 e. The molecule has 11 heavy (non-hydrogen) atoms. The van der Waals surface area contributed by atoms with Crippen LogP contribution >= 0.6 is 0 Å². The van der Waals surface area contributed by atoms with Crippen LogP contribution in [-0.4, -0.2) is 17.1 Å². The maximum atomic E-state index is 10.3. The lowest BCUT2D eigenvalue weighted by molar-refractivity contribution is -0.138. The summed E-state index contributed by atoms with van der Waals surface area (Å²) >= 11 is 0. The van der Waals surface area contributed by atoms with E-state index in [1.807, 2.05) is 0 Å². The normalized spacial score (nSPS) is 31.5. The molecule has 3 N–H and O–H groups in total. The van der Waals surface area contributed by atoms with Gasteiger partial charge < -0.3 is 10.8 Å². The molecule has 1 aliphatic rings. The van der Waals surface area contributed by atoms with Crippen molar-refractivity contribution in [3.8, 4) is 0 Å². The molecule has 1 rings (SSSR count). The second-order valence-corrected chi connectivity index (χ2v) is 3.34. The van der Waals surface area contributed by atoms with Gasteiger partial charge in [-0.1, -0.05) is 13.3 Å². The van der Waals surface area contributed by atoms with Gasteiger partial charge in [-0.05, 0) is 24.7 Å². The predicted molar refractivity (Wildman–Crippen MR) is 42.1 cm³/mol. The zero-order valence-electron chi connectivity index (χ0n) is 6.79. The zero-order valence-corrected chi connectivity index (χ0v) is 6.79. The second-order valence-electron chi connectivity index (χ2n) is 3.34. The van der Waals surface area contributed by atoms with E-state index < -0.39 is 12.0 Å². The average molecular weight is 157 g/mol. The predicted octanol–water partition coefficient (Wildman–Crippen LogP) is 0.834. The monoisotopic (exact) mass is 157 g/mol. The molecule has 3 heteroatoms. The van der Waals surface area contributed by atoms with Crippen LogP contribution in [0.4, 0.5) is 0 Å². The van der Waals surface area contributed by atoms with Crippen molar-refractivity contribution in [2.24, 2.45) is 17.6 Å². The molecule has 3 atom stereocenters. The Morgan fingerprint density at radius 1 is 1.73 bits per heavy atom. The summed E-state index contributed by atoms with van der Waals surface area (Å²) < 4.78 is 0. The number of carboxylic acid groups (broad SMARTS) is 1. The minimum Gasteiger partial charge on any atom is -0.480 e. The Bertz CT molecular complexity index is 158. The number of nitrogens with two attached hydrogens (primary N) is 1. The van der Waals surface area contributed by atoms with Crippen LogP contribution in [0.25, 0.3) is 0 Å². The van der Waals surface area contributed by atoms with Crippen LogP contribution in [0.3, 0.4) is 0 Å². The molecule has 0 aromatic heterocycles. The molecule has 0 unspecified atom stereocenters. The molecule has 0 amide bonds. The first-order chi connectivity index (χ1) is 5.15. The Hall–Kier alpha value is -0.570. The summed E-state index contributed by atoms with van der Waals surface area (Å²) in [6, 6.07) is -0.642. The Labute approximate surface area is 66.6 Å². The number of carbonyl (C=O) groups is 1. The number of carboxylic acids is 1. The van der Waals surface area contributed by atoms with E-state index in [2.05, 4.69) is 6.92 Å². The number of hydrogen-bond donors (Lipinski definition) is 2. The molecular formula is C8H15NO2. The Kier molecular flexibility index (Phi) is 2.49. The summed E-state index contributed by atoms with van der Waals surface area (Å²) in [6.45, 7) is 2.14. The fraction of sp³-hybridized carbons (Fsp3) is 0.875. The van der Waals surface area contributed by atoms with Gasteiger partial charge in [0, 0.05) is 0 Å². The topological polar surface area (TPSA) is 63.3 Å². The van der Waals surface area contributed by atoms with Crippen LogP contribution in [-0.2, 0) is 4.79 Å². The molecule has 1 aliphatic carbocycles. The van der Waals surface area contributed by atoms with E-state index in [0.29, 0.717) is 12.3 Å². The third kappa shape index (κ3) is 2.19. The summed E-state index contributed by atoms with van der Waals surface area (Å²) in [4.78, 5) is 10.3. The highest BCUT2D eigenvalue weighted by Crippen LogP contribution is 2.43. The van der Waals surface area contributed by atoms with Gasteiger partial charge in [0.25, 0.3) is 0 Å². The van der Waals surface area contributed by atoms with Gasteiger partial charge in [-0.3, -0.25) is 4.79 Å². The van der Waals surface area contributed by atoms with Crippen molar-refractivity contribution in [1.29, 1.82) is 0 Å². The first-order valence-electron chi connectivity index (χ1n) is 4.13. The van der Waals surface area contributed by atoms with Gasteiger partial charge in [0.2, 0.25) is 0 Å². The molecule has 0 aromatic rings. The van der Waals surface area contributed by atoms with Crippen LogP contribution < -0.4 is 5.73 Å². The molecule has 0 radical (unpaired) electrons. The number of rotatable bonds is 4. The maximum absolute atomic E-state index is 10.3. The highest BCUT2D eigenvalue weighted by atomic mass is 16.4. The zero-order chi connectivity index (χ0) is 8.43. The molecule has 1 fully saturated rings. The minimum atomic E-state index is -0.869. The molecular weight excluding hydrogens is 142 g/mol. The summed E-state index contributed by atoms with van der Waals surface area (Å²) in [7, 11) is 0. The van der Waals surface area contributed by atoms with Crippen molar-refractivity contribution in [3.63, 3.8) is 0 Å². The van der Waals surface area contributed by atoms with Crippen LogP contribution in [0.2, 0.25) is 0 Å². The Morgan fingerprint density at radius 2 is 2.36 bits per heavy atom. The second kappa shape index (κ2) is 3.22. The summed E-state index contributed by atoms with van der Waals surface area (Å²) in [5.41, 5.74) is 5.37. The Morgan fingerprint density at radius 3 is 2.73 bits per heavy atom. The van der Waals surface area contributed by atoms with E-state index in [1.165, 1.54) is 6.42 Å². The van der Waals surface area contributed by atoms with Crippen LogP contribution in [0.1, 0.15) is 26.2 Å². The molecule has 0 aromatic carbocycles. The summed E-state index contributed by atoms with van der Waals surface area (Å²) in [5, 5.41) is 8.49. The van der Waals surface area contributed by atoms with Crippen molar-refractivity contribution < 1.29 is 9.90 Å². The van der Waals surface area contributed by atoms with Crippen LogP contribution in [0, 0.1) is 11.8 Å². The fourth-order valence-electron chi connectivity index (χ4n) is 1.53. The van der Waals surface area contributed by atoms with Gasteiger partial charge in [0.05, 0.1) is 0 Å². The molecule has 64 valence electrons. The number of aliphatic carboxylic acids is 1. The molecule has 0 spiro atoms.